The maximum Gasteiger partial charge on any atom is 0.272 e. The highest BCUT2D eigenvalue weighted by Crippen LogP contribution is 2.21. The number of para-hydroxylation sites is 1. The van der Waals surface area contributed by atoms with Gasteiger partial charge in [0.15, 0.2) is 5.75 Å². The number of benzene rings is 1. The second-order valence-electron chi connectivity index (χ2n) is 4.14. The molecule has 20 heavy (non-hydrogen) atoms. The lowest BCUT2D eigenvalue weighted by Gasteiger charge is -2.11. The van der Waals surface area contributed by atoms with Crippen molar-refractivity contribution in [3.8, 4) is 5.75 Å². The molecule has 0 aliphatic rings. The van der Waals surface area contributed by atoms with Gasteiger partial charge in [-0.15, -0.1) is 0 Å². The van der Waals surface area contributed by atoms with Gasteiger partial charge in [0.1, 0.15) is 5.69 Å². The summed E-state index contributed by atoms with van der Waals surface area (Å²) in [5.74, 6) is -0.234. The fraction of sp³-hybridized carbons (Fsp3) is 0.143. The number of nitrogens with one attached hydrogen (secondary N) is 1. The summed E-state index contributed by atoms with van der Waals surface area (Å²) in [5, 5.41) is 3.09. The van der Waals surface area contributed by atoms with Crippen molar-refractivity contribution in [3.63, 3.8) is 0 Å². The monoisotopic (exact) mass is 292 g/mol. The molecule has 6 heteroatoms. The molecule has 0 saturated carbocycles. The molecule has 0 unspecified atom stereocenters. The molecule has 0 radical (unpaired) electrons. The van der Waals surface area contributed by atoms with Crippen LogP contribution < -0.4 is 15.5 Å². The lowest BCUT2D eigenvalue weighted by Crippen LogP contribution is -2.21. The maximum absolute atomic E-state index is 12.2. The molecule has 1 amide bonds. The van der Waals surface area contributed by atoms with Crippen molar-refractivity contribution in [2.75, 3.05) is 12.4 Å². The number of amides is 1. The largest absolute Gasteiger partial charge is 0.491 e. The minimum absolute atomic E-state index is 0.182. The number of pyridine rings is 1. The summed E-state index contributed by atoms with van der Waals surface area (Å²) in [4.78, 5) is 23.9. The Bertz CT molecular complexity index is 710. The lowest BCUT2D eigenvalue weighted by atomic mass is 10.2. The van der Waals surface area contributed by atoms with Crippen LogP contribution in [0, 0.1) is 0 Å². The summed E-state index contributed by atoms with van der Waals surface area (Å²) >= 11 is 5.97. The van der Waals surface area contributed by atoms with Crippen LogP contribution in [-0.2, 0) is 7.05 Å². The third-order valence-corrected chi connectivity index (χ3v) is 3.11. The number of rotatable bonds is 3. The zero-order valence-electron chi connectivity index (χ0n) is 11.0. The van der Waals surface area contributed by atoms with E-state index in [1.54, 1.807) is 31.3 Å². The number of anilines is 1. The molecule has 1 N–H and O–H groups in total. The van der Waals surface area contributed by atoms with Crippen molar-refractivity contribution in [3.05, 3.63) is 57.5 Å². The van der Waals surface area contributed by atoms with E-state index in [-0.39, 0.29) is 16.9 Å². The van der Waals surface area contributed by atoms with E-state index < -0.39 is 5.91 Å². The summed E-state index contributed by atoms with van der Waals surface area (Å²) in [6.07, 6.45) is 1.46. The van der Waals surface area contributed by atoms with E-state index in [1.165, 1.54) is 23.9 Å². The van der Waals surface area contributed by atoms with E-state index >= 15 is 0 Å². The third-order valence-electron chi connectivity index (χ3n) is 2.78. The van der Waals surface area contributed by atoms with E-state index in [0.29, 0.717) is 10.7 Å². The Kier molecular flexibility index (Phi) is 4.10. The topological polar surface area (TPSA) is 60.3 Å². The molecule has 0 fully saturated rings. The number of methoxy groups -OCH3 is 1. The number of halogens is 1. The van der Waals surface area contributed by atoms with Crippen LogP contribution in [0.1, 0.15) is 10.5 Å². The minimum atomic E-state index is -0.416. The number of ether oxygens (including phenoxy) is 1. The first kappa shape index (κ1) is 14.1. The van der Waals surface area contributed by atoms with Crippen LogP contribution >= 0.6 is 11.6 Å². The first-order valence-electron chi connectivity index (χ1n) is 5.83. The normalized spacial score (nSPS) is 10.2. The van der Waals surface area contributed by atoms with Gasteiger partial charge in [-0.25, -0.2) is 0 Å². The van der Waals surface area contributed by atoms with Gasteiger partial charge in [0.25, 0.3) is 5.91 Å². The van der Waals surface area contributed by atoms with Crippen LogP contribution in [0.4, 0.5) is 5.69 Å². The van der Waals surface area contributed by atoms with Gasteiger partial charge in [-0.2, -0.15) is 0 Å². The van der Waals surface area contributed by atoms with Crippen molar-refractivity contribution in [2.24, 2.45) is 7.05 Å². The van der Waals surface area contributed by atoms with Crippen molar-refractivity contribution < 1.29 is 9.53 Å². The first-order chi connectivity index (χ1) is 9.52. The highest BCUT2D eigenvalue weighted by Gasteiger charge is 2.13. The number of nitrogens with zero attached hydrogens (tertiary/aromatic N) is 1. The van der Waals surface area contributed by atoms with Gasteiger partial charge in [0.2, 0.25) is 5.43 Å². The molecular weight excluding hydrogens is 280 g/mol. The second-order valence-corrected chi connectivity index (χ2v) is 4.54. The fourth-order valence-corrected chi connectivity index (χ4v) is 1.92. The molecule has 2 rings (SSSR count). The molecule has 5 nitrogen and oxygen atoms in total. The Balaban J connectivity index is 2.33. The molecule has 1 heterocycles. The summed E-state index contributed by atoms with van der Waals surface area (Å²) < 4.78 is 6.43. The third kappa shape index (κ3) is 2.83. The van der Waals surface area contributed by atoms with E-state index in [9.17, 15) is 9.59 Å². The van der Waals surface area contributed by atoms with Gasteiger partial charge < -0.3 is 14.6 Å². The quantitative estimate of drug-likeness (QED) is 0.944. The number of aromatic nitrogens is 1. The highest BCUT2D eigenvalue weighted by molar-refractivity contribution is 6.33. The summed E-state index contributed by atoms with van der Waals surface area (Å²) in [7, 11) is 3.06. The summed E-state index contributed by atoms with van der Waals surface area (Å²) in [6.45, 7) is 0. The number of carbonyl (C=O) groups excluding carboxylic acids is 1. The van der Waals surface area contributed by atoms with Crippen LogP contribution in [0.25, 0.3) is 0 Å². The molecule has 0 bridgehead atoms. The second kappa shape index (κ2) is 5.79. The van der Waals surface area contributed by atoms with Gasteiger partial charge in [0.05, 0.1) is 24.0 Å². The van der Waals surface area contributed by atoms with E-state index in [0.717, 1.165) is 0 Å². The van der Waals surface area contributed by atoms with E-state index in [1.807, 2.05) is 0 Å². The molecule has 0 aliphatic carbocycles. The Labute approximate surface area is 120 Å². The Hall–Kier alpha value is -2.27. The molecule has 1 aromatic carbocycles. The highest BCUT2D eigenvalue weighted by atomic mass is 35.5. The molecular formula is C14H13ClN2O3. The summed E-state index contributed by atoms with van der Waals surface area (Å²) in [6, 6.07) is 8.10. The number of carbonyl (C=O) groups is 1. The van der Waals surface area contributed by atoms with Crippen LogP contribution in [-0.4, -0.2) is 17.6 Å². The lowest BCUT2D eigenvalue weighted by molar-refractivity contribution is 0.101. The van der Waals surface area contributed by atoms with Crippen molar-refractivity contribution in [1.82, 2.24) is 4.57 Å². The average molecular weight is 293 g/mol. The molecule has 0 saturated heterocycles. The molecule has 2 aromatic rings. The summed E-state index contributed by atoms with van der Waals surface area (Å²) in [5.41, 5.74) is 0.355. The zero-order valence-corrected chi connectivity index (χ0v) is 11.8. The predicted molar refractivity (Wildman–Crippen MR) is 77.6 cm³/mol. The van der Waals surface area contributed by atoms with Gasteiger partial charge in [-0.3, -0.25) is 9.59 Å². The van der Waals surface area contributed by atoms with Gasteiger partial charge in [-0.05, 0) is 12.1 Å². The number of hydrogen-bond donors (Lipinski definition) is 1. The molecule has 104 valence electrons. The van der Waals surface area contributed by atoms with Gasteiger partial charge in [0, 0.05) is 13.1 Å². The van der Waals surface area contributed by atoms with Gasteiger partial charge in [-0.1, -0.05) is 23.7 Å². The van der Waals surface area contributed by atoms with E-state index in [4.69, 9.17) is 16.3 Å². The first-order valence-corrected chi connectivity index (χ1v) is 6.21. The molecule has 0 atom stereocenters. The number of hydrogen-bond acceptors (Lipinski definition) is 3. The van der Waals surface area contributed by atoms with Crippen LogP contribution in [0.3, 0.4) is 0 Å². The van der Waals surface area contributed by atoms with Crippen molar-refractivity contribution >= 4 is 23.2 Å². The SMILES string of the molecule is COc1cn(C)c(C(=O)Nc2ccccc2Cl)cc1=O. The van der Waals surface area contributed by atoms with Gasteiger partial charge >= 0.3 is 0 Å². The molecule has 0 aliphatic heterocycles. The van der Waals surface area contributed by atoms with Crippen LogP contribution in [0.15, 0.2) is 41.3 Å². The smallest absolute Gasteiger partial charge is 0.272 e. The standard InChI is InChI=1S/C14H13ClN2O3/c1-17-8-13(20-2)12(18)7-11(17)14(19)16-10-6-4-3-5-9(10)15/h3-8H,1-2H3,(H,16,19). The average Bonchev–Trinajstić information content (AvgIpc) is 2.43. The Morgan fingerprint density at radius 1 is 1.35 bits per heavy atom. The van der Waals surface area contributed by atoms with Crippen LogP contribution in [0.2, 0.25) is 5.02 Å². The Morgan fingerprint density at radius 3 is 2.70 bits per heavy atom. The van der Waals surface area contributed by atoms with Crippen LogP contribution in [0.5, 0.6) is 5.75 Å². The zero-order chi connectivity index (χ0) is 14.7. The molecule has 0 spiro atoms. The maximum atomic E-state index is 12.2. The Morgan fingerprint density at radius 2 is 2.05 bits per heavy atom. The number of aryl methyl sites for hydroxylation is 1. The minimum Gasteiger partial charge on any atom is -0.491 e. The van der Waals surface area contributed by atoms with Crippen molar-refractivity contribution in [1.29, 1.82) is 0 Å². The fourth-order valence-electron chi connectivity index (χ4n) is 1.73. The molecule has 1 aromatic heterocycles. The van der Waals surface area contributed by atoms with Crippen molar-refractivity contribution in [2.45, 2.75) is 0 Å². The van der Waals surface area contributed by atoms with E-state index in [2.05, 4.69) is 5.32 Å². The predicted octanol–water partition coefficient (Wildman–Crippen LogP) is 2.30.